The number of hydrogen-bond donors (Lipinski definition) is 2. The summed E-state index contributed by atoms with van der Waals surface area (Å²) in [6.45, 7) is 3.11. The van der Waals surface area contributed by atoms with Crippen molar-refractivity contribution in [2.75, 3.05) is 38.5 Å². The number of piperazine rings is 1. The summed E-state index contributed by atoms with van der Waals surface area (Å²) in [5.74, 6) is -0.235. The standard InChI is InChI=1S/C21H24N4O2S/c1-24-11-13-25(14-12-24)20(27)17-9-5-6-10-18(17)22-21(28)23-19(26)15-16-7-3-2-4-8-16/h2-10H,11-15H2,1H3,(H2,22,23,26,28). The minimum absolute atomic E-state index is 0.0328. The molecule has 1 fully saturated rings. The maximum absolute atomic E-state index is 12.9. The van der Waals surface area contributed by atoms with Gasteiger partial charge in [0.25, 0.3) is 5.91 Å². The number of thiocarbonyl (C=S) groups is 1. The number of likely N-dealkylation sites (N-methyl/N-ethyl adjacent to an activating group) is 1. The van der Waals surface area contributed by atoms with Crippen LogP contribution in [0, 0.1) is 0 Å². The molecule has 1 saturated heterocycles. The van der Waals surface area contributed by atoms with Crippen molar-refractivity contribution in [3.05, 3.63) is 65.7 Å². The molecule has 2 aromatic carbocycles. The summed E-state index contributed by atoms with van der Waals surface area (Å²) in [6, 6.07) is 16.7. The average Bonchev–Trinajstić information content (AvgIpc) is 2.69. The van der Waals surface area contributed by atoms with Crippen LogP contribution < -0.4 is 10.6 Å². The Morgan fingerprint density at radius 3 is 2.32 bits per heavy atom. The zero-order valence-electron chi connectivity index (χ0n) is 15.9. The lowest BCUT2D eigenvalue weighted by molar-refractivity contribution is -0.119. The normalized spacial score (nSPS) is 14.4. The van der Waals surface area contributed by atoms with Gasteiger partial charge in [-0.15, -0.1) is 0 Å². The maximum atomic E-state index is 12.9. The molecule has 2 amide bonds. The second-order valence-electron chi connectivity index (χ2n) is 6.81. The van der Waals surface area contributed by atoms with Gasteiger partial charge in [0.1, 0.15) is 0 Å². The molecule has 0 atom stereocenters. The lowest BCUT2D eigenvalue weighted by atomic mass is 10.1. The Hall–Kier alpha value is -2.77. The zero-order chi connectivity index (χ0) is 19.9. The van der Waals surface area contributed by atoms with Crippen LogP contribution in [-0.4, -0.2) is 60.0 Å². The molecule has 1 heterocycles. The van der Waals surface area contributed by atoms with Crippen molar-refractivity contribution in [3.63, 3.8) is 0 Å². The molecule has 1 aliphatic heterocycles. The Bertz CT molecular complexity index is 848. The summed E-state index contributed by atoms with van der Waals surface area (Å²) in [7, 11) is 2.05. The van der Waals surface area contributed by atoms with Crippen LogP contribution in [0.5, 0.6) is 0 Å². The van der Waals surface area contributed by atoms with Crippen LogP contribution in [0.3, 0.4) is 0 Å². The van der Waals surface area contributed by atoms with E-state index in [2.05, 4.69) is 15.5 Å². The minimum atomic E-state index is -0.202. The monoisotopic (exact) mass is 396 g/mol. The van der Waals surface area contributed by atoms with Crippen LogP contribution in [-0.2, 0) is 11.2 Å². The second-order valence-corrected chi connectivity index (χ2v) is 7.21. The third-order valence-corrected chi connectivity index (χ3v) is 4.86. The molecule has 0 spiro atoms. The molecule has 2 N–H and O–H groups in total. The fraction of sp³-hybridized carbons (Fsp3) is 0.286. The predicted octanol–water partition coefficient (Wildman–Crippen LogP) is 2.13. The number of anilines is 1. The highest BCUT2D eigenvalue weighted by Gasteiger charge is 2.22. The van der Waals surface area contributed by atoms with E-state index in [1.807, 2.05) is 54.4 Å². The summed E-state index contributed by atoms with van der Waals surface area (Å²) in [4.78, 5) is 29.1. The first-order valence-electron chi connectivity index (χ1n) is 9.24. The van der Waals surface area contributed by atoms with Crippen LogP contribution in [0.2, 0.25) is 0 Å². The summed E-state index contributed by atoms with van der Waals surface area (Å²) in [6.07, 6.45) is 0.241. The van der Waals surface area contributed by atoms with Gasteiger partial charge in [0.05, 0.1) is 17.7 Å². The van der Waals surface area contributed by atoms with Crippen LogP contribution in [0.25, 0.3) is 0 Å². The number of carbonyl (C=O) groups is 2. The van der Waals surface area contributed by atoms with Crippen molar-refractivity contribution >= 4 is 34.8 Å². The summed E-state index contributed by atoms with van der Waals surface area (Å²) in [5, 5.41) is 5.86. The highest BCUT2D eigenvalue weighted by molar-refractivity contribution is 7.80. The van der Waals surface area contributed by atoms with Crippen molar-refractivity contribution in [1.82, 2.24) is 15.1 Å². The van der Waals surface area contributed by atoms with E-state index in [4.69, 9.17) is 12.2 Å². The molecule has 0 aromatic heterocycles. The van der Waals surface area contributed by atoms with Gasteiger partial charge in [0.2, 0.25) is 5.91 Å². The molecule has 28 heavy (non-hydrogen) atoms. The van der Waals surface area contributed by atoms with Gasteiger partial charge in [-0.1, -0.05) is 42.5 Å². The van der Waals surface area contributed by atoms with Gasteiger partial charge in [-0.05, 0) is 37.0 Å². The molecular formula is C21H24N4O2S. The van der Waals surface area contributed by atoms with Crippen molar-refractivity contribution < 1.29 is 9.59 Å². The number of amides is 2. The molecule has 146 valence electrons. The first-order valence-corrected chi connectivity index (χ1v) is 9.65. The Labute approximate surface area is 170 Å². The van der Waals surface area contributed by atoms with E-state index in [-0.39, 0.29) is 23.3 Å². The summed E-state index contributed by atoms with van der Waals surface area (Å²) < 4.78 is 0. The minimum Gasteiger partial charge on any atom is -0.336 e. The summed E-state index contributed by atoms with van der Waals surface area (Å²) in [5.41, 5.74) is 2.05. The molecule has 0 aliphatic carbocycles. The van der Waals surface area contributed by atoms with E-state index in [0.717, 1.165) is 18.7 Å². The first-order chi connectivity index (χ1) is 13.5. The number of para-hydroxylation sites is 1. The second kappa shape index (κ2) is 9.43. The van der Waals surface area contributed by atoms with E-state index in [1.165, 1.54) is 0 Å². The molecule has 2 aromatic rings. The number of nitrogens with one attached hydrogen (secondary N) is 2. The largest absolute Gasteiger partial charge is 0.336 e. The first kappa shape index (κ1) is 20.0. The Morgan fingerprint density at radius 1 is 0.964 bits per heavy atom. The highest BCUT2D eigenvalue weighted by Crippen LogP contribution is 2.18. The van der Waals surface area contributed by atoms with Gasteiger partial charge >= 0.3 is 0 Å². The van der Waals surface area contributed by atoms with Crippen LogP contribution >= 0.6 is 12.2 Å². The highest BCUT2D eigenvalue weighted by atomic mass is 32.1. The van der Waals surface area contributed by atoms with E-state index >= 15 is 0 Å². The lowest BCUT2D eigenvalue weighted by Gasteiger charge is -2.32. The fourth-order valence-electron chi connectivity index (χ4n) is 3.06. The van der Waals surface area contributed by atoms with E-state index in [1.54, 1.807) is 12.1 Å². The van der Waals surface area contributed by atoms with E-state index in [0.29, 0.717) is 24.3 Å². The summed E-state index contributed by atoms with van der Waals surface area (Å²) >= 11 is 5.27. The molecular weight excluding hydrogens is 372 g/mol. The average molecular weight is 397 g/mol. The van der Waals surface area contributed by atoms with Gasteiger partial charge in [0, 0.05) is 26.2 Å². The number of carbonyl (C=O) groups excluding carboxylic acids is 2. The predicted molar refractivity (Wildman–Crippen MR) is 114 cm³/mol. The molecule has 0 unspecified atom stereocenters. The molecule has 3 rings (SSSR count). The van der Waals surface area contributed by atoms with Gasteiger partial charge in [-0.25, -0.2) is 0 Å². The third kappa shape index (κ3) is 5.37. The molecule has 7 heteroatoms. The fourth-order valence-corrected chi connectivity index (χ4v) is 3.29. The van der Waals surface area contributed by atoms with Crippen LogP contribution in [0.1, 0.15) is 15.9 Å². The van der Waals surface area contributed by atoms with Crippen LogP contribution in [0.4, 0.5) is 5.69 Å². The van der Waals surface area contributed by atoms with Gasteiger partial charge < -0.3 is 20.4 Å². The van der Waals surface area contributed by atoms with Gasteiger partial charge in [0.15, 0.2) is 5.11 Å². The number of hydrogen-bond acceptors (Lipinski definition) is 4. The van der Waals surface area contributed by atoms with Crippen LogP contribution in [0.15, 0.2) is 54.6 Å². The lowest BCUT2D eigenvalue weighted by Crippen LogP contribution is -2.47. The molecule has 0 bridgehead atoms. The Kier molecular flexibility index (Phi) is 6.73. The number of benzene rings is 2. The Balaban J connectivity index is 1.61. The smallest absolute Gasteiger partial charge is 0.256 e. The van der Waals surface area contributed by atoms with Crippen molar-refractivity contribution in [3.8, 4) is 0 Å². The zero-order valence-corrected chi connectivity index (χ0v) is 16.7. The van der Waals surface area contributed by atoms with E-state index < -0.39 is 0 Å². The molecule has 1 aliphatic rings. The van der Waals surface area contributed by atoms with Crippen molar-refractivity contribution in [1.29, 1.82) is 0 Å². The molecule has 0 radical (unpaired) electrons. The van der Waals surface area contributed by atoms with Crippen molar-refractivity contribution in [2.24, 2.45) is 0 Å². The number of rotatable bonds is 4. The van der Waals surface area contributed by atoms with Crippen molar-refractivity contribution in [2.45, 2.75) is 6.42 Å². The molecule has 0 saturated carbocycles. The van der Waals surface area contributed by atoms with Gasteiger partial charge in [-0.2, -0.15) is 0 Å². The number of nitrogens with zero attached hydrogens (tertiary/aromatic N) is 2. The SMILES string of the molecule is CN1CCN(C(=O)c2ccccc2NC(=S)NC(=O)Cc2ccccc2)CC1. The van der Waals surface area contributed by atoms with E-state index in [9.17, 15) is 9.59 Å². The maximum Gasteiger partial charge on any atom is 0.256 e. The van der Waals surface area contributed by atoms with Gasteiger partial charge in [-0.3, -0.25) is 9.59 Å². The third-order valence-electron chi connectivity index (χ3n) is 4.66. The Morgan fingerprint density at radius 2 is 1.61 bits per heavy atom. The topological polar surface area (TPSA) is 64.7 Å². The molecule has 6 nitrogen and oxygen atoms in total. The quantitative estimate of drug-likeness (QED) is 0.776.